The molecular weight excluding hydrogens is 1740 g/mol. The number of carbonyl (C=O) groups excluding carboxylic acids is 8. The van der Waals surface area contributed by atoms with Crippen LogP contribution in [0.3, 0.4) is 0 Å². The van der Waals surface area contributed by atoms with Gasteiger partial charge in [-0.05, 0) is 212 Å². The predicted octanol–water partition coefficient (Wildman–Crippen LogP) is 18.3. The van der Waals surface area contributed by atoms with E-state index in [2.05, 4.69) is 93.2 Å². The molecule has 4 unspecified atom stereocenters. The van der Waals surface area contributed by atoms with Gasteiger partial charge in [0.05, 0.1) is 59.8 Å². The summed E-state index contributed by atoms with van der Waals surface area (Å²) in [5.41, 5.74) is -0.0650. The van der Waals surface area contributed by atoms with Crippen molar-refractivity contribution in [1.82, 2.24) is 9.97 Å². The highest BCUT2D eigenvalue weighted by molar-refractivity contribution is 8.24. The van der Waals surface area contributed by atoms with E-state index in [9.17, 15) is 38.4 Å². The van der Waals surface area contributed by atoms with Crippen molar-refractivity contribution in [2.75, 3.05) is 38.1 Å². The van der Waals surface area contributed by atoms with Gasteiger partial charge in [0.1, 0.15) is 75.4 Å². The average Bonchev–Trinajstić information content (AvgIpc) is 1.62. The maximum Gasteiger partial charge on any atom is 0.461 e. The predicted molar refractivity (Wildman–Crippen MR) is 500 cm³/mol. The van der Waals surface area contributed by atoms with Gasteiger partial charge in [-0.1, -0.05) is 123 Å². The molecule has 9 fully saturated rings. The quantitative estimate of drug-likeness (QED) is 0.00876. The zero-order valence-corrected chi connectivity index (χ0v) is 81.9. The average molecular weight is 1860 g/mol. The number of Topliss-reactive ketones (excluding diaryl/α,β-unsaturated/α-hetero) is 3. The van der Waals surface area contributed by atoms with Crippen LogP contribution in [0.5, 0.6) is 11.5 Å². The van der Waals surface area contributed by atoms with E-state index in [0.717, 1.165) is 65.9 Å². The molecule has 15 rings (SSSR count). The van der Waals surface area contributed by atoms with Crippen LogP contribution in [0.25, 0.3) is 0 Å². The van der Waals surface area contributed by atoms with Gasteiger partial charge in [-0.2, -0.15) is 0 Å². The van der Waals surface area contributed by atoms with Crippen molar-refractivity contribution in [3.8, 4) is 11.5 Å². The number of nitrogens with one attached hydrogen (secondary N) is 2. The monoisotopic (exact) mass is 1860 g/mol. The Kier molecular flexibility index (Phi) is 34.5. The Hall–Kier alpha value is -8.36. The lowest BCUT2D eigenvalue weighted by atomic mass is 9.43. The summed E-state index contributed by atoms with van der Waals surface area (Å²) in [5.74, 6) is -1.17. The summed E-state index contributed by atoms with van der Waals surface area (Å²) in [6, 6.07) is 25.8. The maximum absolute atomic E-state index is 14.9. The van der Waals surface area contributed by atoms with E-state index in [1.54, 1.807) is 112 Å². The molecule has 9 aliphatic rings. The normalized spacial score (nSPS) is 22.6. The molecular formula is C92H125B2N6O23P2S3+. The van der Waals surface area contributed by atoms with E-state index in [1.165, 1.54) is 28.1 Å². The van der Waals surface area contributed by atoms with Gasteiger partial charge in [-0.3, -0.25) is 25.0 Å². The third-order valence-corrected chi connectivity index (χ3v) is 25.1. The number of hydrogen-bond acceptors (Lipinski definition) is 29. The zero-order valence-electron chi connectivity index (χ0n) is 78.4. The highest BCUT2D eigenvalue weighted by atomic mass is 32.6. The minimum atomic E-state index is -0.870. The summed E-state index contributed by atoms with van der Waals surface area (Å²) >= 11 is 6.55. The Balaban J connectivity index is 0.000000267. The van der Waals surface area contributed by atoms with Crippen LogP contribution in [-0.2, 0) is 109 Å². The van der Waals surface area contributed by atoms with E-state index in [-0.39, 0.29) is 152 Å². The fraction of sp³-hybridized carbons (Fsp3) is 0.565. The van der Waals surface area contributed by atoms with Gasteiger partial charge >= 0.3 is 39.6 Å². The molecule has 0 radical (unpaired) electrons. The lowest BCUT2D eigenvalue weighted by molar-refractivity contribution is -0.199. The van der Waals surface area contributed by atoms with E-state index in [4.69, 9.17) is 67.5 Å². The maximum atomic E-state index is 14.9. The van der Waals surface area contributed by atoms with E-state index >= 15 is 0 Å². The Bertz CT molecular complexity index is 5030. The standard InChI is InChI=1S/C46H60BN3O11S.C43H54BN3O10S.C3H6O.H2O.H2P2S/c1-43(2,3)58-39(52)36-31(40-55-19-14-20-56-40)18-17-28(38(36)54-10)21-30(47-60-35-23-29-22-34(45(29,7)8)46(35,9)61-47)24-33(51)37(50-57-25-27-15-12-11-13-16-27)32-26-62-41(48-32)49-42(53)59-44(4,5)6;1-40(2,3)54-37(50)34-27(22-48)17-16-26(36(34)52-10)18-29(44-56-33-20-28-19-32(42(28,7)8)43(33,9)57-44)21-31(49)35(47-53-23-25-14-12-11-13-15-25)30-24-58-38(45-30)46-39(51)55-41(4,5)6;1-3(2)4;;1-2-3/h11-13,15-18,26,29-30,34-35,40H,14,19-25H2,1-10H3,(H,48,49,53);11-17,22,24,28-29,32-33H,18-21,23H2,1-10H3,(H,45,46,51);1-2H3;1H2;1H2/p+1/b50-37-;47-35-;;;/t29-,30+,34-,35?,46-;28-,29+,32-,33?,43-;;;/m00.../s1/i/hT. The molecule has 29 nitrogen and oxygen atoms in total. The first-order valence-electron chi connectivity index (χ1n) is 43.2. The van der Waals surface area contributed by atoms with Crippen LogP contribution >= 0.6 is 38.6 Å². The van der Waals surface area contributed by atoms with Gasteiger partial charge in [0, 0.05) is 46.4 Å². The second-order valence-corrected chi connectivity index (χ2v) is 43.0. The zero-order chi connectivity index (χ0) is 94.0. The Morgan fingerprint density at radius 1 is 0.594 bits per heavy atom. The number of oxime groups is 2. The van der Waals surface area contributed by atoms with Crippen molar-refractivity contribution in [2.24, 2.45) is 44.8 Å². The molecule has 2 amide bonds. The van der Waals surface area contributed by atoms with Gasteiger partial charge in [-0.25, -0.2) is 29.1 Å². The van der Waals surface area contributed by atoms with Gasteiger partial charge in [0.25, 0.3) is 0 Å². The largest absolute Gasteiger partial charge is 0.496 e. The van der Waals surface area contributed by atoms with E-state index in [0.29, 0.717) is 48.0 Å². The molecule has 128 heavy (non-hydrogen) atoms. The first-order chi connectivity index (χ1) is 59.9. The van der Waals surface area contributed by atoms with Crippen molar-refractivity contribution >= 4 is 134 Å². The second-order valence-electron chi connectivity index (χ2n) is 38.6. The number of aldehydes is 1. The molecule has 4 aromatic carbocycles. The van der Waals surface area contributed by atoms with Crippen molar-refractivity contribution in [1.29, 1.82) is 1.28 Å². The lowest BCUT2D eigenvalue weighted by Gasteiger charge is -2.64. The number of ether oxygens (including phenoxy) is 8. The van der Waals surface area contributed by atoms with E-state index in [1.807, 2.05) is 66.7 Å². The van der Waals surface area contributed by atoms with Gasteiger partial charge in [0.2, 0.25) is 0 Å². The smallest absolute Gasteiger partial charge is 0.461 e. The third-order valence-electron chi connectivity index (χ3n) is 23.6. The number of carbonyl (C=O) groups is 8. The number of ketones is 3. The number of amides is 2. The number of nitrogens with zero attached hydrogens (tertiary/aromatic N) is 4. The number of anilines is 2. The number of rotatable bonds is 28. The van der Waals surface area contributed by atoms with Crippen molar-refractivity contribution in [2.45, 2.75) is 273 Å². The van der Waals surface area contributed by atoms with Crippen LogP contribution in [0.4, 0.5) is 19.9 Å². The fourth-order valence-corrected chi connectivity index (χ4v) is 19.1. The molecule has 3 saturated heterocycles. The summed E-state index contributed by atoms with van der Waals surface area (Å²) in [7, 11) is 3.52. The lowest BCUT2D eigenvalue weighted by Crippen LogP contribution is -2.65. The van der Waals surface area contributed by atoms with Gasteiger partial charge in [-0.15, -0.1) is 22.7 Å². The molecule has 36 heteroatoms. The molecule has 0 spiro atoms. The highest BCUT2D eigenvalue weighted by Gasteiger charge is 2.70. The summed E-state index contributed by atoms with van der Waals surface area (Å²) in [6.07, 6.45) is 2.74. The molecule has 6 saturated carbocycles. The summed E-state index contributed by atoms with van der Waals surface area (Å²) < 4.78 is 80.3. The van der Waals surface area contributed by atoms with Crippen LogP contribution in [0.15, 0.2) is 106 Å². The number of benzene rings is 4. The Morgan fingerprint density at radius 2 is 0.969 bits per heavy atom. The first kappa shape index (κ1) is 102. The molecule has 4 N–H and O–H groups in total. The fourth-order valence-electron chi connectivity index (χ4n) is 17.7. The third kappa shape index (κ3) is 26.1. The molecule has 3 aliphatic heterocycles. The van der Waals surface area contributed by atoms with Crippen LogP contribution in [0.1, 0.15) is 260 Å². The van der Waals surface area contributed by atoms with Gasteiger partial charge < -0.3 is 76.5 Å². The number of esters is 2. The first-order valence-corrected chi connectivity index (χ1v) is 48.1. The van der Waals surface area contributed by atoms with Gasteiger partial charge in [0.15, 0.2) is 64.6 Å². The second kappa shape index (κ2) is 43.3. The molecule has 6 aromatic rings. The van der Waals surface area contributed by atoms with E-state index < -0.39 is 103 Å². The van der Waals surface area contributed by atoms with Crippen LogP contribution in [-0.4, -0.2) is 163 Å². The molecule has 6 aliphatic carbocycles. The number of thiazole rings is 2. The number of methoxy groups -OCH3 is 2. The minimum Gasteiger partial charge on any atom is -0.496 e. The molecule has 2 aromatic heterocycles. The Labute approximate surface area is 769 Å². The minimum absolute atomic E-state index is 0. The Morgan fingerprint density at radius 3 is 1.34 bits per heavy atom. The molecule has 12 atom stereocenters. The summed E-state index contributed by atoms with van der Waals surface area (Å²) in [4.78, 5) is 125. The summed E-state index contributed by atoms with van der Waals surface area (Å²) in [6.45, 7) is 37.9. The number of aromatic nitrogens is 2. The SMILES string of the molecule is CC(C)=O.COc1c(C[C@H](CC(=O)/C(=N\OCc2ccccc2)c2csc(NC(=O)OC(C)(C)C)n2)B2OC3C[C@@H]4C[C@@H](C4(C)C)[C@]3(C)O2)ccc(C2OCCCO2)c1C(=O)OC(C)(C)C.COc1c(C[C@H](CC(=O)/C(=N\OCc2ccccc2)c2csc(NC(=O)OC(C)(C)C)n2)B2OC3C[C@@H]4C[C@@H](C4(C)C)[C@]3(C)O2)ccc(C=O)c1C(=O)OC(C)(C)C.O.[3H][P+](P)=S. The van der Waals surface area contributed by atoms with Crippen molar-refractivity contribution in [3.05, 3.63) is 152 Å². The van der Waals surface area contributed by atoms with Crippen LogP contribution in [0.2, 0.25) is 11.6 Å². The van der Waals surface area contributed by atoms with Crippen molar-refractivity contribution in [3.63, 3.8) is 0 Å². The molecule has 694 valence electrons. The highest BCUT2D eigenvalue weighted by Crippen LogP contribution is 2.68. The number of hydrogen-bond donors (Lipinski definition) is 2. The molecule has 5 heterocycles. The topological polar surface area (TPSA) is 372 Å². The van der Waals surface area contributed by atoms with Crippen LogP contribution < -0.4 is 20.1 Å². The van der Waals surface area contributed by atoms with Crippen LogP contribution in [0, 0.1) is 34.5 Å². The molecule has 4 bridgehead atoms. The van der Waals surface area contributed by atoms with Crippen molar-refractivity contribution < 1.29 is 110 Å². The summed E-state index contributed by atoms with van der Waals surface area (Å²) in [5, 5.41) is 17.7.